The number of ether oxygens (including phenoxy) is 1. The maximum Gasteiger partial charge on any atom is 0.407 e. The molecule has 7 heteroatoms. The second-order valence-corrected chi connectivity index (χ2v) is 10.3. The molecular weight excluding hydrogens is 442 g/mol. The number of rotatable bonds is 9. The van der Waals surface area contributed by atoms with E-state index in [2.05, 4.69) is 10.6 Å². The van der Waals surface area contributed by atoms with E-state index in [-0.39, 0.29) is 24.1 Å². The molecule has 0 spiro atoms. The molecule has 2 amide bonds. The van der Waals surface area contributed by atoms with Crippen molar-refractivity contribution in [1.82, 2.24) is 15.5 Å². The molecule has 1 heterocycles. The molecule has 1 aliphatic rings. The Hall–Kier alpha value is -2.90. The van der Waals surface area contributed by atoms with Gasteiger partial charge in [0.25, 0.3) is 0 Å². The molecule has 3 rings (SSSR count). The number of hydrogen-bond acceptors (Lipinski definition) is 5. The average Bonchev–Trinajstić information content (AvgIpc) is 2.83. The van der Waals surface area contributed by atoms with Crippen LogP contribution in [0.2, 0.25) is 0 Å². The van der Waals surface area contributed by atoms with Crippen molar-refractivity contribution in [2.45, 2.75) is 76.8 Å². The highest BCUT2D eigenvalue weighted by Crippen LogP contribution is 2.20. The number of hydrogen-bond donors (Lipinski definition) is 3. The van der Waals surface area contributed by atoms with E-state index in [9.17, 15) is 14.7 Å². The lowest BCUT2D eigenvalue weighted by atomic mass is 9.96. The molecule has 1 fully saturated rings. The first-order chi connectivity index (χ1) is 16.7. The lowest BCUT2D eigenvalue weighted by Crippen LogP contribution is -2.57. The van der Waals surface area contributed by atoms with E-state index in [1.165, 1.54) is 0 Å². The largest absolute Gasteiger partial charge is 0.445 e. The Labute approximate surface area is 208 Å². The molecule has 35 heavy (non-hydrogen) atoms. The van der Waals surface area contributed by atoms with Gasteiger partial charge in [0.1, 0.15) is 6.61 Å². The lowest BCUT2D eigenvalue weighted by Gasteiger charge is -2.38. The number of benzene rings is 2. The molecule has 0 bridgehead atoms. The summed E-state index contributed by atoms with van der Waals surface area (Å²) in [5.41, 5.74) is 1.57. The fraction of sp³-hybridized carbons (Fsp3) is 0.500. The fourth-order valence-corrected chi connectivity index (χ4v) is 4.39. The zero-order valence-electron chi connectivity index (χ0n) is 21.1. The van der Waals surface area contributed by atoms with Crippen molar-refractivity contribution in [2.24, 2.45) is 0 Å². The maximum atomic E-state index is 12.9. The van der Waals surface area contributed by atoms with Gasteiger partial charge < -0.3 is 20.5 Å². The van der Waals surface area contributed by atoms with Crippen molar-refractivity contribution in [2.75, 3.05) is 13.1 Å². The minimum absolute atomic E-state index is 0.0146. The first-order valence-electron chi connectivity index (χ1n) is 12.5. The summed E-state index contributed by atoms with van der Waals surface area (Å²) in [6.07, 6.45) is 1.71. The topological polar surface area (TPSA) is 90.9 Å². The lowest BCUT2D eigenvalue weighted by molar-refractivity contribution is -0.129. The van der Waals surface area contributed by atoms with Gasteiger partial charge in [-0.1, -0.05) is 67.1 Å². The van der Waals surface area contributed by atoms with Crippen molar-refractivity contribution in [3.05, 3.63) is 71.8 Å². The number of aliphatic hydroxyl groups is 1. The van der Waals surface area contributed by atoms with E-state index >= 15 is 0 Å². The van der Waals surface area contributed by atoms with E-state index in [1.54, 1.807) is 0 Å². The molecule has 190 valence electrons. The van der Waals surface area contributed by atoms with Crippen LogP contribution in [0.1, 0.15) is 51.2 Å². The zero-order valence-corrected chi connectivity index (χ0v) is 21.1. The van der Waals surface area contributed by atoms with Gasteiger partial charge in [-0.15, -0.1) is 0 Å². The van der Waals surface area contributed by atoms with E-state index in [0.29, 0.717) is 13.0 Å². The van der Waals surface area contributed by atoms with Crippen LogP contribution in [0.25, 0.3) is 0 Å². The number of alkyl carbamates (subject to hydrolysis) is 1. The van der Waals surface area contributed by atoms with Gasteiger partial charge in [-0.2, -0.15) is 0 Å². The normalized spacial score (nSPS) is 18.3. The van der Waals surface area contributed by atoms with Crippen LogP contribution in [0.3, 0.4) is 0 Å². The van der Waals surface area contributed by atoms with Crippen molar-refractivity contribution in [1.29, 1.82) is 0 Å². The van der Waals surface area contributed by atoms with Gasteiger partial charge in [0.2, 0.25) is 5.91 Å². The first kappa shape index (κ1) is 26.7. The van der Waals surface area contributed by atoms with Gasteiger partial charge in [0.05, 0.1) is 18.2 Å². The van der Waals surface area contributed by atoms with Crippen LogP contribution in [0, 0.1) is 0 Å². The van der Waals surface area contributed by atoms with Gasteiger partial charge in [-0.3, -0.25) is 9.69 Å². The van der Waals surface area contributed by atoms with Crippen LogP contribution in [0.4, 0.5) is 4.79 Å². The number of amides is 2. The van der Waals surface area contributed by atoms with Gasteiger partial charge in [-0.25, -0.2) is 4.79 Å². The zero-order chi connectivity index (χ0) is 25.3. The van der Waals surface area contributed by atoms with Crippen LogP contribution in [0.15, 0.2) is 60.7 Å². The Morgan fingerprint density at radius 1 is 1.03 bits per heavy atom. The summed E-state index contributed by atoms with van der Waals surface area (Å²) in [6.45, 7) is 7.08. The Balaban J connectivity index is 1.67. The van der Waals surface area contributed by atoms with Crippen molar-refractivity contribution in [3.63, 3.8) is 0 Å². The minimum Gasteiger partial charge on any atom is -0.445 e. The van der Waals surface area contributed by atoms with Crippen molar-refractivity contribution >= 4 is 12.0 Å². The Kier molecular flexibility index (Phi) is 9.69. The average molecular weight is 482 g/mol. The summed E-state index contributed by atoms with van der Waals surface area (Å²) in [7, 11) is 0. The molecule has 1 saturated heterocycles. The number of nitrogens with zero attached hydrogens (tertiary/aromatic N) is 1. The molecule has 2 aromatic rings. The molecular formula is C28H39N3O4. The van der Waals surface area contributed by atoms with Crippen LogP contribution in [-0.4, -0.2) is 58.8 Å². The molecule has 3 N–H and O–H groups in total. The summed E-state index contributed by atoms with van der Waals surface area (Å²) < 4.78 is 5.41. The van der Waals surface area contributed by atoms with E-state index < -0.39 is 18.2 Å². The summed E-state index contributed by atoms with van der Waals surface area (Å²) in [6, 6.07) is 18.4. The SMILES string of the molecule is CC(C)(C)NC(=O)[C@@H]1CCCCN1C[C@@H](O)[C@H](Cc1ccccc1)NC(=O)OCc1ccccc1. The molecule has 3 atom stereocenters. The smallest absolute Gasteiger partial charge is 0.407 e. The molecule has 0 saturated carbocycles. The van der Waals surface area contributed by atoms with Gasteiger partial charge in [0, 0.05) is 12.1 Å². The molecule has 0 radical (unpaired) electrons. The minimum atomic E-state index is -0.873. The van der Waals surface area contributed by atoms with Gasteiger partial charge in [0.15, 0.2) is 0 Å². The van der Waals surface area contributed by atoms with Crippen LogP contribution in [0.5, 0.6) is 0 Å². The summed E-state index contributed by atoms with van der Waals surface area (Å²) in [4.78, 5) is 27.6. The second kappa shape index (κ2) is 12.7. The highest BCUT2D eigenvalue weighted by molar-refractivity contribution is 5.82. The molecule has 2 aromatic carbocycles. The van der Waals surface area contributed by atoms with Gasteiger partial charge in [-0.05, 0) is 57.7 Å². The third-order valence-electron chi connectivity index (χ3n) is 6.11. The summed E-state index contributed by atoms with van der Waals surface area (Å²) in [5.74, 6) is -0.0146. The Morgan fingerprint density at radius 3 is 2.29 bits per heavy atom. The molecule has 0 unspecified atom stereocenters. The number of carbonyl (C=O) groups excluding carboxylic acids is 2. The number of piperidine rings is 1. The third-order valence-corrected chi connectivity index (χ3v) is 6.11. The standard InChI is InChI=1S/C28H39N3O4/c1-28(2,3)30-26(33)24-16-10-11-17-31(24)19-25(32)23(18-21-12-6-4-7-13-21)29-27(34)35-20-22-14-8-5-9-15-22/h4-9,12-15,23-25,32H,10-11,16-20H2,1-3H3,(H,29,34)(H,30,33)/t23-,24-,25+/m0/s1. The number of likely N-dealkylation sites (tertiary alicyclic amines) is 1. The molecule has 0 aliphatic carbocycles. The number of β-amino-alcohol motifs (C(OH)–C–C–N with tert-alkyl or cyclic N) is 1. The Bertz CT molecular complexity index is 930. The quantitative estimate of drug-likeness (QED) is 0.509. The molecule has 7 nitrogen and oxygen atoms in total. The second-order valence-electron chi connectivity index (χ2n) is 10.3. The maximum absolute atomic E-state index is 12.9. The highest BCUT2D eigenvalue weighted by Gasteiger charge is 2.33. The fourth-order valence-electron chi connectivity index (χ4n) is 4.39. The highest BCUT2D eigenvalue weighted by atomic mass is 16.5. The van der Waals surface area contributed by atoms with Crippen molar-refractivity contribution in [3.8, 4) is 0 Å². The molecule has 1 aliphatic heterocycles. The molecule has 0 aromatic heterocycles. The van der Waals surface area contributed by atoms with Crippen LogP contribution in [-0.2, 0) is 22.6 Å². The predicted octanol–water partition coefficient (Wildman–Crippen LogP) is 3.65. The predicted molar refractivity (Wildman–Crippen MR) is 137 cm³/mol. The van der Waals surface area contributed by atoms with Crippen LogP contribution >= 0.6 is 0 Å². The number of nitrogens with one attached hydrogen (secondary N) is 2. The number of aliphatic hydroxyl groups excluding tert-OH is 1. The van der Waals surface area contributed by atoms with Crippen LogP contribution < -0.4 is 10.6 Å². The van der Waals surface area contributed by atoms with E-state index in [1.807, 2.05) is 86.3 Å². The monoisotopic (exact) mass is 481 g/mol. The Morgan fingerprint density at radius 2 is 1.66 bits per heavy atom. The van der Waals surface area contributed by atoms with Crippen molar-refractivity contribution < 1.29 is 19.4 Å². The summed E-state index contributed by atoms with van der Waals surface area (Å²) in [5, 5.41) is 17.2. The third kappa shape index (κ3) is 9.00. The van der Waals surface area contributed by atoms with E-state index in [4.69, 9.17) is 4.74 Å². The van der Waals surface area contributed by atoms with E-state index in [0.717, 1.165) is 36.9 Å². The van der Waals surface area contributed by atoms with Gasteiger partial charge >= 0.3 is 6.09 Å². The number of carbonyl (C=O) groups is 2. The summed E-state index contributed by atoms with van der Waals surface area (Å²) >= 11 is 0. The first-order valence-corrected chi connectivity index (χ1v) is 12.5.